The van der Waals surface area contributed by atoms with Gasteiger partial charge in [-0.1, -0.05) is 6.92 Å². The van der Waals surface area contributed by atoms with Gasteiger partial charge in [0.25, 0.3) is 0 Å². The van der Waals surface area contributed by atoms with Crippen molar-refractivity contribution in [1.29, 1.82) is 0 Å². The molecule has 2 rings (SSSR count). The molecule has 17 heavy (non-hydrogen) atoms. The summed E-state index contributed by atoms with van der Waals surface area (Å²) in [4.78, 5) is 4.42. The minimum absolute atomic E-state index is 0.750. The molecule has 0 amide bonds. The van der Waals surface area contributed by atoms with Crippen LogP contribution >= 0.6 is 11.5 Å². The van der Waals surface area contributed by atoms with Crippen LogP contribution in [0.15, 0.2) is 6.20 Å². The predicted octanol–water partition coefficient (Wildman–Crippen LogP) is 2.14. The Kier molecular flexibility index (Phi) is 3.73. The third-order valence-electron chi connectivity index (χ3n) is 2.71. The Hall–Kier alpha value is -1.43. The van der Waals surface area contributed by atoms with Gasteiger partial charge in [-0.25, -0.2) is 4.98 Å². The minimum Gasteiger partial charge on any atom is -0.356 e. The van der Waals surface area contributed by atoms with E-state index in [1.54, 1.807) is 0 Å². The highest BCUT2D eigenvalue weighted by Gasteiger charge is 2.06. The minimum atomic E-state index is 0.750. The van der Waals surface area contributed by atoms with Crippen molar-refractivity contribution in [2.75, 3.05) is 5.32 Å². The first-order chi connectivity index (χ1) is 8.20. The molecule has 0 saturated heterocycles. The van der Waals surface area contributed by atoms with Gasteiger partial charge in [-0.2, -0.15) is 9.47 Å². The molecule has 0 aliphatic carbocycles. The van der Waals surface area contributed by atoms with Crippen molar-refractivity contribution in [3.05, 3.63) is 23.3 Å². The zero-order valence-electron chi connectivity index (χ0n) is 10.4. The van der Waals surface area contributed by atoms with Crippen molar-refractivity contribution in [3.8, 4) is 0 Å². The molecule has 5 nitrogen and oxygen atoms in total. The van der Waals surface area contributed by atoms with Crippen molar-refractivity contribution >= 4 is 16.7 Å². The third kappa shape index (κ3) is 2.82. The van der Waals surface area contributed by atoms with Gasteiger partial charge in [-0.15, -0.1) is 0 Å². The molecule has 0 fully saturated rings. The van der Waals surface area contributed by atoms with Crippen LogP contribution in [-0.2, 0) is 20.0 Å². The molecular formula is C11H17N5S. The average Bonchev–Trinajstić information content (AvgIpc) is 2.87. The summed E-state index contributed by atoms with van der Waals surface area (Å²) in [6, 6.07) is 0. The Morgan fingerprint density at radius 2 is 2.29 bits per heavy atom. The highest BCUT2D eigenvalue weighted by Crippen LogP contribution is 2.14. The van der Waals surface area contributed by atoms with Gasteiger partial charge < -0.3 is 5.32 Å². The third-order valence-corrected chi connectivity index (χ3v) is 3.42. The van der Waals surface area contributed by atoms with Gasteiger partial charge in [0.2, 0.25) is 5.13 Å². The second kappa shape index (κ2) is 5.27. The summed E-state index contributed by atoms with van der Waals surface area (Å²) in [5, 5.41) is 8.38. The lowest BCUT2D eigenvalue weighted by molar-refractivity contribution is 0.738. The van der Waals surface area contributed by atoms with Crippen molar-refractivity contribution in [2.24, 2.45) is 7.05 Å². The normalized spacial score (nSPS) is 10.8. The molecule has 2 aromatic rings. The largest absolute Gasteiger partial charge is 0.356 e. The van der Waals surface area contributed by atoms with Crippen LogP contribution in [0.5, 0.6) is 0 Å². The van der Waals surface area contributed by atoms with E-state index in [4.69, 9.17) is 0 Å². The van der Waals surface area contributed by atoms with E-state index in [2.05, 4.69) is 33.6 Å². The number of hydrogen-bond donors (Lipinski definition) is 1. The smallest absolute Gasteiger partial charge is 0.202 e. The molecule has 0 spiro atoms. The van der Waals surface area contributed by atoms with Crippen molar-refractivity contribution in [3.63, 3.8) is 0 Å². The van der Waals surface area contributed by atoms with E-state index in [1.807, 2.05) is 17.9 Å². The summed E-state index contributed by atoms with van der Waals surface area (Å²) < 4.78 is 6.17. The Balaban J connectivity index is 1.95. The fraction of sp³-hybridized carbons (Fsp3) is 0.545. The molecule has 0 saturated carbocycles. The predicted molar refractivity (Wildman–Crippen MR) is 69.2 cm³/mol. The van der Waals surface area contributed by atoms with Gasteiger partial charge in [0.05, 0.1) is 6.20 Å². The molecule has 0 aliphatic rings. The second-order valence-electron chi connectivity index (χ2n) is 4.00. The van der Waals surface area contributed by atoms with Crippen LogP contribution in [0, 0.1) is 6.92 Å². The van der Waals surface area contributed by atoms with Gasteiger partial charge in [-0.05, 0) is 13.3 Å². The average molecular weight is 251 g/mol. The monoisotopic (exact) mass is 251 g/mol. The van der Waals surface area contributed by atoms with Crippen molar-refractivity contribution in [1.82, 2.24) is 19.1 Å². The molecule has 0 aliphatic heterocycles. The molecule has 0 radical (unpaired) electrons. The van der Waals surface area contributed by atoms with Gasteiger partial charge in [-0.3, -0.25) is 4.68 Å². The number of nitrogens with zero attached hydrogens (tertiary/aromatic N) is 4. The van der Waals surface area contributed by atoms with E-state index >= 15 is 0 Å². The van der Waals surface area contributed by atoms with E-state index in [0.29, 0.717) is 0 Å². The first-order valence-electron chi connectivity index (χ1n) is 5.74. The van der Waals surface area contributed by atoms with E-state index in [0.717, 1.165) is 30.3 Å². The zero-order valence-corrected chi connectivity index (χ0v) is 11.2. The maximum absolute atomic E-state index is 4.42. The molecule has 2 heterocycles. The zero-order chi connectivity index (χ0) is 12.3. The van der Waals surface area contributed by atoms with Gasteiger partial charge in [0.15, 0.2) is 0 Å². The summed E-state index contributed by atoms with van der Waals surface area (Å²) in [6.45, 7) is 4.94. The fourth-order valence-electron chi connectivity index (χ4n) is 1.54. The molecular weight excluding hydrogens is 234 g/mol. The lowest BCUT2D eigenvalue weighted by Gasteiger charge is -2.01. The number of nitrogens with one attached hydrogen (secondary N) is 1. The van der Waals surface area contributed by atoms with E-state index in [-0.39, 0.29) is 0 Å². The maximum atomic E-state index is 4.42. The maximum Gasteiger partial charge on any atom is 0.202 e. The van der Waals surface area contributed by atoms with Crippen LogP contribution in [0.4, 0.5) is 5.13 Å². The van der Waals surface area contributed by atoms with Gasteiger partial charge in [0, 0.05) is 42.8 Å². The first kappa shape index (κ1) is 12.0. The number of hydrogen-bond acceptors (Lipinski definition) is 5. The quantitative estimate of drug-likeness (QED) is 0.884. The summed E-state index contributed by atoms with van der Waals surface area (Å²) >= 11 is 1.42. The molecule has 0 bridgehead atoms. The number of rotatable bonds is 5. The Labute approximate surface area is 105 Å². The molecule has 6 heteroatoms. The van der Waals surface area contributed by atoms with Crippen LogP contribution in [0.25, 0.3) is 0 Å². The number of aryl methyl sites for hydroxylation is 2. The highest BCUT2D eigenvalue weighted by molar-refractivity contribution is 7.09. The summed E-state index contributed by atoms with van der Waals surface area (Å²) in [5.74, 6) is 0.933. The molecule has 0 atom stereocenters. The lowest BCUT2D eigenvalue weighted by atomic mass is 10.2. The van der Waals surface area contributed by atoms with Crippen molar-refractivity contribution in [2.45, 2.75) is 33.2 Å². The van der Waals surface area contributed by atoms with Crippen LogP contribution in [0.1, 0.15) is 30.4 Å². The SMILES string of the molecule is CCCc1nsc(NCc2cnn(C)c2C)n1. The molecule has 0 aromatic carbocycles. The van der Waals surface area contributed by atoms with E-state index in [9.17, 15) is 0 Å². The standard InChI is InChI=1S/C11H17N5S/c1-4-5-10-14-11(17-15-10)12-6-9-7-13-16(3)8(9)2/h7H,4-6H2,1-3H3,(H,12,14,15). The second-order valence-corrected chi connectivity index (χ2v) is 4.75. The molecule has 1 N–H and O–H groups in total. The summed E-state index contributed by atoms with van der Waals surface area (Å²) in [6.07, 6.45) is 3.91. The van der Waals surface area contributed by atoms with Crippen LogP contribution < -0.4 is 5.32 Å². The molecule has 92 valence electrons. The van der Waals surface area contributed by atoms with Crippen LogP contribution in [0.2, 0.25) is 0 Å². The number of aromatic nitrogens is 4. The summed E-state index contributed by atoms with van der Waals surface area (Å²) in [7, 11) is 1.95. The Morgan fingerprint density at radius 1 is 1.47 bits per heavy atom. The Bertz CT molecular complexity index is 488. The number of anilines is 1. The molecule has 0 unspecified atom stereocenters. The topological polar surface area (TPSA) is 55.6 Å². The Morgan fingerprint density at radius 3 is 2.94 bits per heavy atom. The van der Waals surface area contributed by atoms with Crippen molar-refractivity contribution < 1.29 is 0 Å². The fourth-order valence-corrected chi connectivity index (χ4v) is 2.15. The summed E-state index contributed by atoms with van der Waals surface area (Å²) in [5.41, 5.74) is 2.37. The van der Waals surface area contributed by atoms with Crippen LogP contribution in [0.3, 0.4) is 0 Å². The lowest BCUT2D eigenvalue weighted by Crippen LogP contribution is -2.01. The van der Waals surface area contributed by atoms with Crippen LogP contribution in [-0.4, -0.2) is 19.1 Å². The first-order valence-corrected chi connectivity index (χ1v) is 6.52. The van der Waals surface area contributed by atoms with Gasteiger partial charge >= 0.3 is 0 Å². The van der Waals surface area contributed by atoms with E-state index < -0.39 is 0 Å². The van der Waals surface area contributed by atoms with Gasteiger partial charge in [0.1, 0.15) is 5.82 Å². The molecule has 2 aromatic heterocycles. The van der Waals surface area contributed by atoms with E-state index in [1.165, 1.54) is 22.8 Å². The highest BCUT2D eigenvalue weighted by atomic mass is 32.1.